The number of anilines is 1. The summed E-state index contributed by atoms with van der Waals surface area (Å²) in [5, 5.41) is 14.3. The predicted octanol–water partition coefficient (Wildman–Crippen LogP) is 1.80. The van der Waals surface area contributed by atoms with Crippen LogP contribution in [0.3, 0.4) is 0 Å². The van der Waals surface area contributed by atoms with Gasteiger partial charge in [-0.1, -0.05) is 17.8 Å². The molecule has 2 amide bonds. The summed E-state index contributed by atoms with van der Waals surface area (Å²) in [6.45, 7) is 5.94. The number of nitrogens with one attached hydrogen (secondary N) is 2. The number of rotatable bonds is 11. The van der Waals surface area contributed by atoms with Crippen LogP contribution >= 0.6 is 11.8 Å². The first-order chi connectivity index (χ1) is 16.6. The Labute approximate surface area is 203 Å². The summed E-state index contributed by atoms with van der Waals surface area (Å²) in [4.78, 5) is 29.3. The van der Waals surface area contributed by atoms with Crippen LogP contribution in [0.5, 0.6) is 5.75 Å². The van der Waals surface area contributed by atoms with Gasteiger partial charge in [0.1, 0.15) is 24.4 Å². The summed E-state index contributed by atoms with van der Waals surface area (Å²) in [6.07, 6.45) is 1.58. The largest absolute Gasteiger partial charge is 0.492 e. The van der Waals surface area contributed by atoms with E-state index in [9.17, 15) is 19.2 Å². The molecule has 0 saturated carbocycles. The van der Waals surface area contributed by atoms with Crippen LogP contribution in [-0.4, -0.2) is 86.2 Å². The highest BCUT2D eigenvalue weighted by molar-refractivity contribution is 8.05. The monoisotopic (exact) mass is 491 g/mol. The highest BCUT2D eigenvalue weighted by Gasteiger charge is 2.43. The number of nitriles is 1. The molecule has 1 aromatic rings. The number of likely N-dealkylation sites (N-methyl/N-ethyl adjacent to an activating group) is 1. The van der Waals surface area contributed by atoms with Crippen molar-refractivity contribution >= 4 is 29.3 Å². The van der Waals surface area contributed by atoms with Crippen LogP contribution in [0.2, 0.25) is 0 Å². The van der Waals surface area contributed by atoms with E-state index in [2.05, 4.69) is 15.5 Å². The fraction of sp³-hybridized carbons (Fsp3) is 0.522. The highest BCUT2D eigenvalue weighted by Crippen LogP contribution is 2.38. The van der Waals surface area contributed by atoms with Gasteiger partial charge in [0.2, 0.25) is 5.91 Å². The molecule has 2 atom stereocenters. The third-order valence-corrected chi connectivity index (χ3v) is 6.77. The minimum absolute atomic E-state index is 0.163. The molecule has 1 aromatic carbocycles. The molecule has 9 nitrogen and oxygen atoms in total. The molecule has 2 saturated heterocycles. The number of carbonyl (C=O) groups excluding carboxylic acids is 2. The Hall–Kier alpha value is -2.81. The lowest BCUT2D eigenvalue weighted by Crippen LogP contribution is -2.44. The summed E-state index contributed by atoms with van der Waals surface area (Å²) in [6, 6.07) is 9.39. The molecule has 3 rings (SSSR count). The summed E-state index contributed by atoms with van der Waals surface area (Å²) >= 11 is 1.15. The number of morpholine rings is 1. The lowest BCUT2D eigenvalue weighted by atomic mass is 10.1. The van der Waals surface area contributed by atoms with Crippen molar-refractivity contribution in [1.29, 1.82) is 5.26 Å². The topological polar surface area (TPSA) is 107 Å². The number of nitrogens with zero attached hydrogens (tertiary/aromatic N) is 3. The molecule has 0 aromatic heterocycles. The zero-order valence-corrected chi connectivity index (χ0v) is 20.0. The highest BCUT2D eigenvalue weighted by atomic mass is 32.2. The van der Waals surface area contributed by atoms with Gasteiger partial charge in [-0.25, -0.2) is 4.39 Å². The normalized spacial score (nSPS) is 20.7. The fourth-order valence-corrected chi connectivity index (χ4v) is 4.94. The Kier molecular flexibility index (Phi) is 10.00. The maximum absolute atomic E-state index is 12.8. The number of halogens is 1. The Morgan fingerprint density at radius 3 is 2.94 bits per heavy atom. The quantitative estimate of drug-likeness (QED) is 0.452. The summed E-state index contributed by atoms with van der Waals surface area (Å²) in [5.74, 6) is -1.24. The van der Waals surface area contributed by atoms with Gasteiger partial charge in [0, 0.05) is 50.7 Å². The van der Waals surface area contributed by atoms with Gasteiger partial charge in [-0.2, -0.15) is 5.26 Å². The second-order valence-corrected chi connectivity index (χ2v) is 8.83. The van der Waals surface area contributed by atoms with Crippen LogP contribution in [-0.2, 0) is 14.3 Å². The number of thioether (sulfide) groups is 1. The first kappa shape index (κ1) is 25.8. The first-order valence-electron chi connectivity index (χ1n) is 11.3. The average Bonchev–Trinajstić information content (AvgIpc) is 3.17. The van der Waals surface area contributed by atoms with Crippen molar-refractivity contribution in [3.63, 3.8) is 0 Å². The Morgan fingerprint density at radius 1 is 1.44 bits per heavy atom. The number of alkyl halides is 1. The summed E-state index contributed by atoms with van der Waals surface area (Å²) in [7, 11) is 0. The van der Waals surface area contributed by atoms with Crippen LogP contribution in [0.1, 0.15) is 6.92 Å². The molecule has 0 spiro atoms. The van der Waals surface area contributed by atoms with Crippen molar-refractivity contribution in [3.8, 4) is 11.8 Å². The number of amides is 2. The van der Waals surface area contributed by atoms with Crippen molar-refractivity contribution in [2.24, 2.45) is 5.92 Å². The number of carbonyl (C=O) groups is 2. The number of hydrogen-bond donors (Lipinski definition) is 2. The molecule has 2 heterocycles. The third kappa shape index (κ3) is 6.85. The fourth-order valence-electron chi connectivity index (χ4n) is 3.64. The van der Waals surface area contributed by atoms with E-state index in [4.69, 9.17) is 9.47 Å². The van der Waals surface area contributed by atoms with Crippen LogP contribution in [0, 0.1) is 17.2 Å². The van der Waals surface area contributed by atoms with E-state index < -0.39 is 23.9 Å². The van der Waals surface area contributed by atoms with Gasteiger partial charge < -0.3 is 25.0 Å². The lowest BCUT2D eigenvalue weighted by molar-refractivity contribution is -0.128. The molecule has 2 unspecified atom stereocenters. The zero-order chi connectivity index (χ0) is 24.3. The minimum atomic E-state index is -1.10. The molecule has 184 valence electrons. The van der Waals surface area contributed by atoms with E-state index in [1.807, 2.05) is 30.3 Å². The van der Waals surface area contributed by atoms with Crippen molar-refractivity contribution in [1.82, 2.24) is 15.1 Å². The van der Waals surface area contributed by atoms with Crippen molar-refractivity contribution in [3.05, 3.63) is 35.4 Å². The summed E-state index contributed by atoms with van der Waals surface area (Å²) < 4.78 is 23.6. The van der Waals surface area contributed by atoms with Gasteiger partial charge >= 0.3 is 0 Å². The van der Waals surface area contributed by atoms with Gasteiger partial charge in [-0.3, -0.25) is 14.5 Å². The van der Waals surface area contributed by atoms with Gasteiger partial charge in [0.15, 0.2) is 5.92 Å². The molecule has 2 aliphatic rings. The second-order valence-electron chi connectivity index (χ2n) is 7.67. The van der Waals surface area contributed by atoms with Gasteiger partial charge in [0.05, 0.1) is 24.2 Å². The average molecular weight is 492 g/mol. The standard InChI is InChI=1S/C23H30FN5O4S/c1-2-29-22(31)20(34-23(29)19(15-25)21(30)26-7-6-24)16-27-17-4-3-5-18(14-17)33-13-10-28-8-11-32-12-9-28/h3-5,14,16,19,23,27H,2,6-13H2,1H3,(H,26,30)/b20-16+. The van der Waals surface area contributed by atoms with Gasteiger partial charge in [-0.05, 0) is 19.1 Å². The van der Waals surface area contributed by atoms with Crippen LogP contribution in [0.25, 0.3) is 0 Å². The maximum Gasteiger partial charge on any atom is 0.262 e. The van der Waals surface area contributed by atoms with E-state index in [1.54, 1.807) is 13.1 Å². The van der Waals surface area contributed by atoms with E-state index in [0.29, 0.717) is 23.8 Å². The van der Waals surface area contributed by atoms with E-state index in [1.165, 1.54) is 4.90 Å². The Bertz CT molecular complexity index is 919. The second kappa shape index (κ2) is 13.2. The molecule has 11 heteroatoms. The summed E-state index contributed by atoms with van der Waals surface area (Å²) in [5.41, 5.74) is 0.744. The Morgan fingerprint density at radius 2 is 2.24 bits per heavy atom. The van der Waals surface area contributed by atoms with Crippen molar-refractivity contribution in [2.75, 3.05) is 64.5 Å². The van der Waals surface area contributed by atoms with Crippen molar-refractivity contribution in [2.45, 2.75) is 12.3 Å². The van der Waals surface area contributed by atoms with Crippen LogP contribution in [0.15, 0.2) is 35.4 Å². The molecule has 2 fully saturated rings. The molecular weight excluding hydrogens is 461 g/mol. The first-order valence-corrected chi connectivity index (χ1v) is 12.2. The number of hydrogen-bond acceptors (Lipinski definition) is 8. The van der Waals surface area contributed by atoms with Crippen molar-refractivity contribution < 1.29 is 23.5 Å². The molecule has 0 bridgehead atoms. The van der Waals surface area contributed by atoms with E-state index in [-0.39, 0.29) is 12.5 Å². The molecule has 0 aliphatic carbocycles. The maximum atomic E-state index is 12.8. The number of benzene rings is 1. The van der Waals surface area contributed by atoms with Crippen LogP contribution in [0.4, 0.5) is 10.1 Å². The van der Waals surface area contributed by atoms with Crippen LogP contribution < -0.4 is 15.4 Å². The van der Waals surface area contributed by atoms with E-state index in [0.717, 1.165) is 50.3 Å². The molecule has 34 heavy (non-hydrogen) atoms. The molecule has 2 aliphatic heterocycles. The molecule has 2 N–H and O–H groups in total. The van der Waals surface area contributed by atoms with E-state index >= 15 is 0 Å². The predicted molar refractivity (Wildman–Crippen MR) is 128 cm³/mol. The minimum Gasteiger partial charge on any atom is -0.492 e. The Balaban J connectivity index is 1.59. The molecule has 0 radical (unpaired) electrons. The third-order valence-electron chi connectivity index (χ3n) is 5.45. The van der Waals surface area contributed by atoms with Gasteiger partial charge in [0.25, 0.3) is 5.91 Å². The number of ether oxygens (including phenoxy) is 2. The SMILES string of the molecule is CCN1C(=O)/C(=C\Nc2cccc(OCCN3CCOCC3)c2)SC1C(C#N)C(=O)NCCF. The van der Waals surface area contributed by atoms with Gasteiger partial charge in [-0.15, -0.1) is 0 Å². The lowest BCUT2D eigenvalue weighted by Gasteiger charge is -2.26. The molecular formula is C23H30FN5O4S. The zero-order valence-electron chi connectivity index (χ0n) is 19.2. The smallest absolute Gasteiger partial charge is 0.262 e.